The van der Waals surface area contributed by atoms with Crippen LogP contribution < -0.4 is 5.73 Å². The van der Waals surface area contributed by atoms with Gasteiger partial charge in [0.15, 0.2) is 0 Å². The van der Waals surface area contributed by atoms with Crippen LogP contribution in [0.25, 0.3) is 0 Å². The van der Waals surface area contributed by atoms with Crippen LogP contribution in [0.4, 0.5) is 4.39 Å². The summed E-state index contributed by atoms with van der Waals surface area (Å²) in [4.78, 5) is 0. The van der Waals surface area contributed by atoms with Crippen molar-refractivity contribution in [2.75, 3.05) is 0 Å². The third-order valence-corrected chi connectivity index (χ3v) is 4.52. The Hall–Kier alpha value is -1.38. The molecule has 0 aliphatic heterocycles. The number of halogens is 2. The van der Waals surface area contributed by atoms with Crippen LogP contribution in [0.5, 0.6) is 0 Å². The van der Waals surface area contributed by atoms with Crippen LogP contribution in [0.15, 0.2) is 42.5 Å². The predicted molar refractivity (Wildman–Crippen MR) is 80.4 cm³/mol. The monoisotopic (exact) mass is 289 g/mol. The van der Waals surface area contributed by atoms with Crippen LogP contribution in [0, 0.1) is 11.7 Å². The van der Waals surface area contributed by atoms with Crippen LogP contribution in [-0.4, -0.2) is 6.04 Å². The largest absolute Gasteiger partial charge is 0.327 e. The van der Waals surface area contributed by atoms with Gasteiger partial charge in [-0.1, -0.05) is 35.9 Å². The SMILES string of the molecule is NC(Cc1cc(F)ccc1Cl)C1Cc2ccccc2C1. The Kier molecular flexibility index (Phi) is 3.77. The molecule has 0 heterocycles. The van der Waals surface area contributed by atoms with Crippen LogP contribution in [-0.2, 0) is 19.3 Å². The van der Waals surface area contributed by atoms with E-state index in [2.05, 4.69) is 24.3 Å². The Morgan fingerprint density at radius 3 is 2.45 bits per heavy atom. The minimum atomic E-state index is -0.258. The van der Waals surface area contributed by atoms with Crippen molar-refractivity contribution in [1.82, 2.24) is 0 Å². The first kappa shape index (κ1) is 13.6. The maximum absolute atomic E-state index is 13.3. The summed E-state index contributed by atoms with van der Waals surface area (Å²) >= 11 is 6.11. The molecule has 1 nitrogen and oxygen atoms in total. The molecule has 0 saturated carbocycles. The fourth-order valence-electron chi connectivity index (χ4n) is 3.02. The zero-order chi connectivity index (χ0) is 14.1. The molecule has 20 heavy (non-hydrogen) atoms. The van der Waals surface area contributed by atoms with Gasteiger partial charge in [-0.2, -0.15) is 0 Å². The van der Waals surface area contributed by atoms with E-state index in [-0.39, 0.29) is 11.9 Å². The lowest BCUT2D eigenvalue weighted by Crippen LogP contribution is -2.33. The summed E-state index contributed by atoms with van der Waals surface area (Å²) in [6.45, 7) is 0. The van der Waals surface area contributed by atoms with Crippen molar-refractivity contribution < 1.29 is 4.39 Å². The average molecular weight is 290 g/mol. The van der Waals surface area contributed by atoms with E-state index < -0.39 is 0 Å². The van der Waals surface area contributed by atoms with Crippen molar-refractivity contribution in [3.63, 3.8) is 0 Å². The molecule has 0 bridgehead atoms. The molecular formula is C17H17ClFN. The molecule has 1 aliphatic rings. The summed E-state index contributed by atoms with van der Waals surface area (Å²) in [5.41, 5.74) is 9.90. The fraction of sp³-hybridized carbons (Fsp3) is 0.294. The molecule has 2 aromatic carbocycles. The average Bonchev–Trinajstić information content (AvgIpc) is 2.87. The quantitative estimate of drug-likeness (QED) is 0.915. The molecule has 0 amide bonds. The van der Waals surface area contributed by atoms with Gasteiger partial charge in [0.05, 0.1) is 0 Å². The van der Waals surface area contributed by atoms with Crippen LogP contribution >= 0.6 is 11.6 Å². The summed E-state index contributed by atoms with van der Waals surface area (Å²) in [6, 6.07) is 12.9. The summed E-state index contributed by atoms with van der Waals surface area (Å²) in [5.74, 6) is 0.151. The highest BCUT2D eigenvalue weighted by Gasteiger charge is 2.26. The van der Waals surface area contributed by atoms with Crippen molar-refractivity contribution in [2.45, 2.75) is 25.3 Å². The molecule has 0 spiro atoms. The molecule has 0 aromatic heterocycles. The van der Waals surface area contributed by atoms with Crippen molar-refractivity contribution in [3.05, 3.63) is 70.0 Å². The topological polar surface area (TPSA) is 26.0 Å². The molecule has 0 radical (unpaired) electrons. The Labute approximate surface area is 123 Å². The summed E-state index contributed by atoms with van der Waals surface area (Å²) < 4.78 is 13.3. The molecule has 1 atom stereocenters. The molecule has 0 fully saturated rings. The number of benzene rings is 2. The maximum atomic E-state index is 13.3. The normalized spacial score (nSPS) is 16.1. The summed E-state index contributed by atoms with van der Waals surface area (Å²) in [6.07, 6.45) is 2.63. The number of hydrogen-bond donors (Lipinski definition) is 1. The van der Waals surface area contributed by atoms with Gasteiger partial charge >= 0.3 is 0 Å². The van der Waals surface area contributed by atoms with Crippen LogP contribution in [0.2, 0.25) is 5.02 Å². The predicted octanol–water partition coefficient (Wildman–Crippen LogP) is 3.76. The summed E-state index contributed by atoms with van der Waals surface area (Å²) in [7, 11) is 0. The van der Waals surface area contributed by atoms with Gasteiger partial charge < -0.3 is 5.73 Å². The Morgan fingerprint density at radius 1 is 1.15 bits per heavy atom. The highest BCUT2D eigenvalue weighted by atomic mass is 35.5. The van der Waals surface area contributed by atoms with E-state index in [1.165, 1.54) is 23.3 Å². The molecule has 2 N–H and O–H groups in total. The lowest BCUT2D eigenvalue weighted by atomic mass is 9.92. The van der Waals surface area contributed by atoms with Gasteiger partial charge in [0.1, 0.15) is 5.82 Å². The smallest absolute Gasteiger partial charge is 0.123 e. The molecule has 1 aliphatic carbocycles. The van der Waals surface area contributed by atoms with E-state index >= 15 is 0 Å². The zero-order valence-corrected chi connectivity index (χ0v) is 11.9. The molecule has 1 unspecified atom stereocenters. The Bertz CT molecular complexity index is 601. The van der Waals surface area contributed by atoms with Gasteiger partial charge in [0.25, 0.3) is 0 Å². The fourth-order valence-corrected chi connectivity index (χ4v) is 3.21. The first-order valence-corrected chi connectivity index (χ1v) is 7.27. The lowest BCUT2D eigenvalue weighted by molar-refractivity contribution is 0.436. The van der Waals surface area contributed by atoms with Crippen molar-refractivity contribution in [2.24, 2.45) is 11.7 Å². The Balaban J connectivity index is 1.72. The van der Waals surface area contributed by atoms with E-state index in [0.717, 1.165) is 18.4 Å². The lowest BCUT2D eigenvalue weighted by Gasteiger charge is -2.19. The van der Waals surface area contributed by atoms with Gasteiger partial charge in [-0.25, -0.2) is 4.39 Å². The molecular weight excluding hydrogens is 273 g/mol. The number of nitrogens with two attached hydrogens (primary N) is 1. The van der Waals surface area contributed by atoms with E-state index in [4.69, 9.17) is 17.3 Å². The molecule has 3 rings (SSSR count). The van der Waals surface area contributed by atoms with Gasteiger partial charge in [-0.05, 0) is 60.1 Å². The summed E-state index contributed by atoms with van der Waals surface area (Å²) in [5, 5.41) is 0.595. The second-order valence-corrected chi connectivity index (χ2v) is 5.95. The van der Waals surface area contributed by atoms with Crippen LogP contribution in [0.3, 0.4) is 0 Å². The third-order valence-electron chi connectivity index (χ3n) is 4.15. The minimum absolute atomic E-state index is 0.00157. The van der Waals surface area contributed by atoms with Gasteiger partial charge in [0.2, 0.25) is 0 Å². The molecule has 104 valence electrons. The van der Waals surface area contributed by atoms with Crippen LogP contribution in [0.1, 0.15) is 16.7 Å². The van der Waals surface area contributed by atoms with E-state index in [9.17, 15) is 4.39 Å². The van der Waals surface area contributed by atoms with E-state index in [1.807, 2.05) is 0 Å². The molecule has 2 aromatic rings. The van der Waals surface area contributed by atoms with Crippen molar-refractivity contribution in [3.8, 4) is 0 Å². The maximum Gasteiger partial charge on any atom is 0.123 e. The second kappa shape index (κ2) is 5.55. The zero-order valence-electron chi connectivity index (χ0n) is 11.2. The van der Waals surface area contributed by atoms with Crippen molar-refractivity contribution in [1.29, 1.82) is 0 Å². The van der Waals surface area contributed by atoms with E-state index in [0.29, 0.717) is 17.4 Å². The minimum Gasteiger partial charge on any atom is -0.327 e. The Morgan fingerprint density at radius 2 is 1.80 bits per heavy atom. The van der Waals surface area contributed by atoms with Crippen molar-refractivity contribution >= 4 is 11.6 Å². The van der Waals surface area contributed by atoms with Gasteiger partial charge in [0, 0.05) is 11.1 Å². The first-order valence-electron chi connectivity index (χ1n) is 6.90. The highest BCUT2D eigenvalue weighted by molar-refractivity contribution is 6.31. The standard InChI is InChI=1S/C17H17ClFN/c18-16-6-5-15(19)9-13(16)10-17(20)14-7-11-3-1-2-4-12(11)8-14/h1-6,9,14,17H,7-8,10,20H2. The first-order chi connectivity index (χ1) is 9.63. The second-order valence-electron chi connectivity index (χ2n) is 5.54. The molecule has 3 heteroatoms. The van der Waals surface area contributed by atoms with E-state index in [1.54, 1.807) is 6.07 Å². The van der Waals surface area contributed by atoms with Gasteiger partial charge in [-0.15, -0.1) is 0 Å². The number of fused-ring (bicyclic) bond motifs is 1. The third kappa shape index (κ3) is 2.72. The van der Waals surface area contributed by atoms with Gasteiger partial charge in [-0.3, -0.25) is 0 Å². The number of hydrogen-bond acceptors (Lipinski definition) is 1. The highest BCUT2D eigenvalue weighted by Crippen LogP contribution is 2.30. The number of rotatable bonds is 3. The molecule has 0 saturated heterocycles.